The highest BCUT2D eigenvalue weighted by molar-refractivity contribution is 6.39. The van der Waals surface area contributed by atoms with E-state index in [1.807, 2.05) is 17.7 Å². The van der Waals surface area contributed by atoms with Crippen LogP contribution in [0, 0.1) is 17.8 Å². The van der Waals surface area contributed by atoms with Gasteiger partial charge in [-0.2, -0.15) is 13.2 Å². The lowest BCUT2D eigenvalue weighted by Gasteiger charge is -2.31. The molecule has 0 radical (unpaired) electrons. The maximum Gasteiger partial charge on any atom is 0.391 e. The molecule has 0 spiro atoms. The maximum atomic E-state index is 13.8. The molecule has 15 heteroatoms. The maximum absolute atomic E-state index is 13.8. The fourth-order valence-corrected chi connectivity index (χ4v) is 7.66. The Hall–Kier alpha value is -4.07. The van der Waals surface area contributed by atoms with Gasteiger partial charge in [-0.05, 0) is 79.8 Å². The second-order valence-corrected chi connectivity index (χ2v) is 14.2. The van der Waals surface area contributed by atoms with Crippen molar-refractivity contribution in [3.63, 3.8) is 0 Å². The van der Waals surface area contributed by atoms with E-state index in [2.05, 4.69) is 25.8 Å². The SMILES string of the molecule is Cn1c(Nc2c(Cl)ccc(CNC(=O)c3cccc(CO)n3)c2Cl)nc2cc(C(=O)N[C@H]3CC[C@H](C(F)(F)F)CC3)c(N3CC4CC4C3)cc21. The van der Waals surface area contributed by atoms with Gasteiger partial charge in [0.15, 0.2) is 0 Å². The summed E-state index contributed by atoms with van der Waals surface area (Å²) in [5, 5.41) is 19.0. The van der Waals surface area contributed by atoms with Crippen LogP contribution in [0.2, 0.25) is 10.0 Å². The number of halogens is 5. The zero-order valence-electron chi connectivity index (χ0n) is 27.2. The van der Waals surface area contributed by atoms with E-state index in [1.165, 1.54) is 6.42 Å². The number of aromatic nitrogens is 3. The normalized spacial score (nSPS) is 21.6. The van der Waals surface area contributed by atoms with E-state index in [-0.39, 0.29) is 61.5 Å². The number of piperidine rings is 1. The van der Waals surface area contributed by atoms with Gasteiger partial charge in [0.05, 0.1) is 56.2 Å². The molecule has 7 rings (SSSR count). The molecule has 2 aliphatic carbocycles. The molecule has 2 atom stereocenters. The summed E-state index contributed by atoms with van der Waals surface area (Å²) in [5.41, 5.74) is 4.02. The predicted molar refractivity (Wildman–Crippen MR) is 185 cm³/mol. The number of hydrogen-bond acceptors (Lipinski definition) is 7. The first kappa shape index (κ1) is 34.4. The number of anilines is 3. The van der Waals surface area contributed by atoms with Gasteiger partial charge in [0.2, 0.25) is 5.95 Å². The predicted octanol–water partition coefficient (Wildman–Crippen LogP) is 6.75. The number of rotatable bonds is 9. The van der Waals surface area contributed by atoms with Gasteiger partial charge in [0.25, 0.3) is 11.8 Å². The third-order valence-electron chi connectivity index (χ3n) is 10.1. The number of nitrogens with one attached hydrogen (secondary N) is 3. The molecule has 2 saturated carbocycles. The summed E-state index contributed by atoms with van der Waals surface area (Å²) < 4.78 is 41.6. The van der Waals surface area contributed by atoms with Gasteiger partial charge in [0.1, 0.15) is 5.69 Å². The van der Waals surface area contributed by atoms with Gasteiger partial charge in [-0.25, -0.2) is 9.97 Å². The molecule has 50 heavy (non-hydrogen) atoms. The van der Waals surface area contributed by atoms with Gasteiger partial charge in [0, 0.05) is 32.7 Å². The number of hydrogen-bond donors (Lipinski definition) is 4. The lowest BCUT2D eigenvalue weighted by molar-refractivity contribution is -0.182. The van der Waals surface area contributed by atoms with Crippen molar-refractivity contribution in [3.8, 4) is 0 Å². The van der Waals surface area contributed by atoms with Crippen molar-refractivity contribution in [3.05, 3.63) is 75.0 Å². The minimum Gasteiger partial charge on any atom is -0.390 e. The Morgan fingerprint density at radius 3 is 2.44 bits per heavy atom. The fraction of sp³-hybridized carbons (Fsp3) is 0.429. The molecule has 3 aliphatic rings. The third-order valence-corrected chi connectivity index (χ3v) is 10.9. The zero-order valence-corrected chi connectivity index (χ0v) is 28.7. The molecule has 1 aliphatic heterocycles. The summed E-state index contributed by atoms with van der Waals surface area (Å²) in [5.74, 6) is -0.466. The minimum atomic E-state index is -4.22. The monoisotopic (exact) mass is 729 g/mol. The van der Waals surface area contributed by atoms with Crippen molar-refractivity contribution in [2.45, 2.75) is 57.5 Å². The van der Waals surface area contributed by atoms with Gasteiger partial charge in [-0.3, -0.25) is 9.59 Å². The van der Waals surface area contributed by atoms with Gasteiger partial charge < -0.3 is 30.5 Å². The topological polar surface area (TPSA) is 124 Å². The molecule has 2 unspecified atom stereocenters. The Labute approximate surface area is 296 Å². The summed E-state index contributed by atoms with van der Waals surface area (Å²) in [4.78, 5) is 37.6. The van der Waals surface area contributed by atoms with Gasteiger partial charge in [-0.15, -0.1) is 0 Å². The van der Waals surface area contributed by atoms with Crippen molar-refractivity contribution in [2.75, 3.05) is 23.3 Å². The van der Waals surface area contributed by atoms with Crippen LogP contribution >= 0.6 is 23.2 Å². The van der Waals surface area contributed by atoms with E-state index >= 15 is 0 Å². The van der Waals surface area contributed by atoms with Crippen LogP contribution in [0.3, 0.4) is 0 Å². The van der Waals surface area contributed by atoms with Crippen LogP contribution in [0.25, 0.3) is 11.0 Å². The summed E-state index contributed by atoms with van der Waals surface area (Å²) in [6, 6.07) is 11.5. The van der Waals surface area contributed by atoms with Crippen molar-refractivity contribution >= 4 is 63.4 Å². The van der Waals surface area contributed by atoms with E-state index in [0.717, 1.165) is 24.3 Å². The molecule has 3 fully saturated rings. The van der Waals surface area contributed by atoms with Crippen LogP contribution in [-0.4, -0.2) is 56.8 Å². The van der Waals surface area contributed by atoms with Crippen LogP contribution in [0.5, 0.6) is 0 Å². The summed E-state index contributed by atoms with van der Waals surface area (Å²) in [6.45, 7) is 1.47. The first-order chi connectivity index (χ1) is 23.9. The standard InChI is InChI=1S/C35H36Cl2F3N7O3/c1-46-29-13-28(47-15-19-11-20(19)16-47)24(32(49)43-22-8-6-21(7-9-22)35(38,39)40)12-27(29)44-34(46)45-31-25(36)10-5-18(30(31)37)14-41-33(50)26-4-2-3-23(17-48)42-26/h2-5,10,12-13,19-22,48H,6-9,11,14-17H2,1H3,(H,41,50)(H,43,49)(H,44,45)/t19?,20?,21-,22-. The van der Waals surface area contributed by atoms with E-state index in [4.69, 9.17) is 28.2 Å². The highest BCUT2D eigenvalue weighted by Gasteiger charge is 2.46. The average Bonchev–Trinajstić information content (AvgIpc) is 3.59. The lowest BCUT2D eigenvalue weighted by atomic mass is 9.85. The smallest absolute Gasteiger partial charge is 0.390 e. The second-order valence-electron chi connectivity index (χ2n) is 13.5. The van der Waals surface area contributed by atoms with Gasteiger partial charge in [-0.1, -0.05) is 35.3 Å². The molecule has 1 saturated heterocycles. The van der Waals surface area contributed by atoms with E-state index in [0.29, 0.717) is 50.8 Å². The minimum absolute atomic E-state index is 0.000510. The zero-order chi connectivity index (χ0) is 35.3. The number of carbonyl (C=O) groups excluding carboxylic acids is 2. The number of aryl methyl sites for hydroxylation is 1. The molecule has 2 aromatic carbocycles. The van der Waals surface area contributed by atoms with Crippen molar-refractivity contribution in [1.82, 2.24) is 25.2 Å². The average molecular weight is 731 g/mol. The van der Waals surface area contributed by atoms with Crippen LogP contribution in [0.15, 0.2) is 42.5 Å². The van der Waals surface area contributed by atoms with E-state index in [1.54, 1.807) is 36.4 Å². The van der Waals surface area contributed by atoms with Gasteiger partial charge >= 0.3 is 6.18 Å². The Kier molecular flexibility index (Phi) is 9.33. The Balaban J connectivity index is 1.13. The molecule has 0 bridgehead atoms. The van der Waals surface area contributed by atoms with E-state index < -0.39 is 18.0 Å². The first-order valence-corrected chi connectivity index (χ1v) is 17.4. The number of aliphatic hydroxyl groups excluding tert-OH is 1. The molecule has 2 amide bonds. The second kappa shape index (κ2) is 13.6. The molecule has 2 aromatic heterocycles. The molecule has 264 valence electrons. The molecular weight excluding hydrogens is 694 g/mol. The number of benzene rings is 2. The summed E-state index contributed by atoms with van der Waals surface area (Å²) in [7, 11) is 1.83. The number of aliphatic hydroxyl groups is 1. The number of nitrogens with zero attached hydrogens (tertiary/aromatic N) is 4. The first-order valence-electron chi connectivity index (χ1n) is 16.6. The van der Waals surface area contributed by atoms with Crippen molar-refractivity contribution < 1.29 is 27.9 Å². The molecule has 10 nitrogen and oxygen atoms in total. The highest BCUT2D eigenvalue weighted by atomic mass is 35.5. The Morgan fingerprint density at radius 2 is 1.74 bits per heavy atom. The Bertz CT molecular complexity index is 1950. The highest BCUT2D eigenvalue weighted by Crippen LogP contribution is 2.47. The van der Waals surface area contributed by atoms with E-state index in [9.17, 15) is 27.9 Å². The van der Waals surface area contributed by atoms with Crippen LogP contribution in [-0.2, 0) is 20.2 Å². The van der Waals surface area contributed by atoms with Crippen LogP contribution < -0.4 is 20.9 Å². The number of carbonyl (C=O) groups is 2. The lowest BCUT2D eigenvalue weighted by Crippen LogP contribution is -2.40. The molecule has 3 heterocycles. The molecule has 4 aromatic rings. The number of alkyl halides is 3. The van der Waals surface area contributed by atoms with Crippen LogP contribution in [0.1, 0.15) is 64.2 Å². The van der Waals surface area contributed by atoms with Crippen molar-refractivity contribution in [2.24, 2.45) is 24.8 Å². The fourth-order valence-electron chi connectivity index (χ4n) is 7.12. The van der Waals surface area contributed by atoms with Crippen molar-refractivity contribution in [1.29, 1.82) is 0 Å². The summed E-state index contributed by atoms with van der Waals surface area (Å²) >= 11 is 13.4. The molecular formula is C35H36Cl2F3N7O3. The number of fused-ring (bicyclic) bond motifs is 2. The van der Waals surface area contributed by atoms with Crippen LogP contribution in [0.4, 0.5) is 30.5 Å². The number of pyridine rings is 1. The quantitative estimate of drug-likeness (QED) is 0.150. The Morgan fingerprint density at radius 1 is 1.00 bits per heavy atom. The largest absolute Gasteiger partial charge is 0.391 e. The third kappa shape index (κ3) is 6.95. The number of imidazole rings is 1. The molecule has 4 N–H and O–H groups in total. The summed E-state index contributed by atoms with van der Waals surface area (Å²) in [6.07, 6.45) is -2.49. The number of amides is 2.